The van der Waals surface area contributed by atoms with Crippen LogP contribution in [0.25, 0.3) is 5.69 Å². The van der Waals surface area contributed by atoms with Gasteiger partial charge in [-0.2, -0.15) is 4.98 Å². The predicted molar refractivity (Wildman–Crippen MR) is 158 cm³/mol. The third kappa shape index (κ3) is 6.41. The summed E-state index contributed by atoms with van der Waals surface area (Å²) in [5, 5.41) is 12.0. The molecule has 3 fully saturated rings. The molecular weight excluding hydrogens is 548 g/mol. The molecule has 3 unspecified atom stereocenters. The van der Waals surface area contributed by atoms with Gasteiger partial charge in [-0.05, 0) is 73.9 Å². The summed E-state index contributed by atoms with van der Waals surface area (Å²) < 4.78 is 1.46. The topological polar surface area (TPSA) is 163 Å². The lowest BCUT2D eigenvalue weighted by Crippen LogP contribution is -2.60. The molecule has 1 aliphatic carbocycles. The number of piperazine rings is 1. The van der Waals surface area contributed by atoms with E-state index in [2.05, 4.69) is 28.2 Å². The molecular formula is C28H41ClN8O4. The highest BCUT2D eigenvalue weighted by atomic mass is 35.5. The average Bonchev–Trinajstić information content (AvgIpc) is 3.51. The zero-order chi connectivity index (χ0) is 28.7. The summed E-state index contributed by atoms with van der Waals surface area (Å²) >= 11 is 0. The Balaban J connectivity index is 0.00000387. The maximum Gasteiger partial charge on any atom is 0.354 e. The number of aliphatic hydroxyl groups excluding tert-OH is 1. The number of benzene rings is 1. The number of amides is 3. The van der Waals surface area contributed by atoms with Crippen molar-refractivity contribution in [1.82, 2.24) is 24.3 Å². The highest BCUT2D eigenvalue weighted by Crippen LogP contribution is 2.56. The van der Waals surface area contributed by atoms with Gasteiger partial charge in [0.1, 0.15) is 11.4 Å². The molecule has 0 bridgehead atoms. The molecule has 1 aromatic heterocycles. The maximum absolute atomic E-state index is 12.8. The molecule has 2 aromatic rings. The molecule has 1 saturated carbocycles. The minimum atomic E-state index is -1.35. The van der Waals surface area contributed by atoms with Crippen LogP contribution in [-0.4, -0.2) is 106 Å². The van der Waals surface area contributed by atoms with Crippen LogP contribution in [0.5, 0.6) is 0 Å². The normalized spacial score (nSPS) is 23.4. The number of nitrogens with two attached hydrogens (primary N) is 2. The first-order chi connectivity index (χ1) is 19.0. The number of hydrogen-bond donors (Lipinski definition) is 4. The Morgan fingerprint density at radius 2 is 1.90 bits per heavy atom. The van der Waals surface area contributed by atoms with Gasteiger partial charge in [0.05, 0.1) is 12.3 Å². The molecule has 3 heterocycles. The number of fused-ring (bicyclic) bond motifs is 1. The lowest BCUT2D eigenvalue weighted by Gasteiger charge is -2.37. The summed E-state index contributed by atoms with van der Waals surface area (Å²) in [7, 11) is 0. The molecule has 0 spiro atoms. The Bertz CT molecular complexity index is 1340. The Kier molecular flexibility index (Phi) is 9.10. The quantitative estimate of drug-likeness (QED) is 0.339. The van der Waals surface area contributed by atoms with Crippen LogP contribution in [0, 0.1) is 18.3 Å². The van der Waals surface area contributed by atoms with Crippen molar-refractivity contribution in [2.75, 3.05) is 64.3 Å². The first-order valence-electron chi connectivity index (χ1n) is 13.9. The molecule has 2 aliphatic heterocycles. The Hall–Kier alpha value is -3.03. The first-order valence-corrected chi connectivity index (χ1v) is 13.9. The number of piperidine rings is 1. The molecule has 5 rings (SSSR count). The van der Waals surface area contributed by atoms with E-state index in [4.69, 9.17) is 11.5 Å². The summed E-state index contributed by atoms with van der Waals surface area (Å²) in [6, 6.07) is 7.18. The third-order valence-corrected chi connectivity index (χ3v) is 8.79. The number of nitrogens with one attached hydrogen (secondary N) is 1. The fourth-order valence-electron chi connectivity index (χ4n) is 5.98. The minimum Gasteiger partial charge on any atom is -0.394 e. The van der Waals surface area contributed by atoms with Gasteiger partial charge in [0, 0.05) is 52.0 Å². The van der Waals surface area contributed by atoms with E-state index in [0.29, 0.717) is 31.6 Å². The number of carbonyl (C=O) groups is 2. The summed E-state index contributed by atoms with van der Waals surface area (Å²) in [6.07, 6.45) is 3.84. The lowest BCUT2D eigenvalue weighted by molar-refractivity contribution is -0.139. The van der Waals surface area contributed by atoms with Gasteiger partial charge >= 0.3 is 11.7 Å². The van der Waals surface area contributed by atoms with E-state index in [9.17, 15) is 19.5 Å². The Morgan fingerprint density at radius 1 is 1.20 bits per heavy atom. The molecule has 224 valence electrons. The lowest BCUT2D eigenvalue weighted by atomic mass is 10.0. The molecule has 12 nitrogen and oxygen atoms in total. The van der Waals surface area contributed by atoms with Crippen molar-refractivity contribution in [3.8, 4) is 5.69 Å². The SMILES string of the molecule is Cc1cc(-n2ccc(NC(=O)N3CCN(C(=O)C(C)(N)CO)CC3)nc2=O)ccc1CCN1CC2CC2(CN)C1.Cl. The van der Waals surface area contributed by atoms with E-state index >= 15 is 0 Å². The highest BCUT2D eigenvalue weighted by molar-refractivity contribution is 5.89. The number of nitrogens with zero attached hydrogens (tertiary/aromatic N) is 5. The van der Waals surface area contributed by atoms with E-state index in [1.165, 1.54) is 28.4 Å². The zero-order valence-corrected chi connectivity index (χ0v) is 24.5. The molecule has 41 heavy (non-hydrogen) atoms. The van der Waals surface area contributed by atoms with E-state index in [1.807, 2.05) is 12.1 Å². The van der Waals surface area contributed by atoms with Gasteiger partial charge in [0.15, 0.2) is 0 Å². The van der Waals surface area contributed by atoms with Crippen molar-refractivity contribution >= 4 is 30.2 Å². The third-order valence-electron chi connectivity index (χ3n) is 8.79. The molecule has 3 aliphatic rings. The number of carbonyl (C=O) groups excluding carboxylic acids is 2. The van der Waals surface area contributed by atoms with Crippen molar-refractivity contribution in [2.24, 2.45) is 22.8 Å². The van der Waals surface area contributed by atoms with Gasteiger partial charge in [-0.25, -0.2) is 9.59 Å². The van der Waals surface area contributed by atoms with Gasteiger partial charge in [-0.1, -0.05) is 6.07 Å². The van der Waals surface area contributed by atoms with E-state index < -0.39 is 23.9 Å². The highest BCUT2D eigenvalue weighted by Gasteiger charge is 2.58. The number of halogens is 1. The molecule has 2 saturated heterocycles. The average molecular weight is 589 g/mol. The maximum atomic E-state index is 12.8. The minimum absolute atomic E-state index is 0. The van der Waals surface area contributed by atoms with Crippen LogP contribution in [0.3, 0.4) is 0 Å². The molecule has 13 heteroatoms. The summed E-state index contributed by atoms with van der Waals surface area (Å²) in [4.78, 5) is 47.7. The molecule has 6 N–H and O–H groups in total. The van der Waals surface area contributed by atoms with Crippen LogP contribution < -0.4 is 22.5 Å². The largest absolute Gasteiger partial charge is 0.394 e. The van der Waals surface area contributed by atoms with Crippen LogP contribution in [0.1, 0.15) is 24.5 Å². The summed E-state index contributed by atoms with van der Waals surface area (Å²) in [6.45, 7) is 8.32. The molecule has 3 atom stereocenters. The van der Waals surface area contributed by atoms with Crippen molar-refractivity contribution in [2.45, 2.75) is 32.2 Å². The smallest absolute Gasteiger partial charge is 0.354 e. The van der Waals surface area contributed by atoms with Gasteiger partial charge < -0.3 is 31.3 Å². The van der Waals surface area contributed by atoms with Gasteiger partial charge in [-0.15, -0.1) is 12.4 Å². The standard InChI is InChI=1S/C28H40N8O4.ClH/c1-19-13-22(4-3-20(19)5-7-33-15-21-14-28(21,16-29)17-33)36-8-6-23(32-26(36)40)31-25(39)35-11-9-34(10-12-35)24(38)27(2,30)18-37;/h3-4,6,8,13,21,37H,5,7,9-12,14-18,29-30H2,1-2H3,(H,31,32,39,40);1H. The number of aromatic nitrogens is 2. The van der Waals surface area contributed by atoms with Gasteiger partial charge in [-0.3, -0.25) is 14.7 Å². The Labute approximate surface area is 246 Å². The summed E-state index contributed by atoms with van der Waals surface area (Å²) in [5.41, 5.74) is 13.5. The molecule has 3 amide bonds. The van der Waals surface area contributed by atoms with Gasteiger partial charge in [0.2, 0.25) is 5.91 Å². The van der Waals surface area contributed by atoms with E-state index in [-0.39, 0.29) is 24.1 Å². The molecule has 1 aromatic carbocycles. The van der Waals surface area contributed by atoms with Crippen LogP contribution in [-0.2, 0) is 11.2 Å². The van der Waals surface area contributed by atoms with Crippen LogP contribution in [0.2, 0.25) is 0 Å². The molecule has 0 radical (unpaired) electrons. The number of aliphatic hydroxyl groups is 1. The number of anilines is 1. The van der Waals surface area contributed by atoms with Crippen LogP contribution in [0.4, 0.5) is 10.6 Å². The zero-order valence-electron chi connectivity index (χ0n) is 23.7. The van der Waals surface area contributed by atoms with Crippen molar-refractivity contribution in [3.63, 3.8) is 0 Å². The van der Waals surface area contributed by atoms with Crippen LogP contribution >= 0.6 is 12.4 Å². The van der Waals surface area contributed by atoms with Crippen molar-refractivity contribution in [3.05, 3.63) is 52.1 Å². The van der Waals surface area contributed by atoms with Crippen LogP contribution in [0.15, 0.2) is 35.3 Å². The monoisotopic (exact) mass is 588 g/mol. The number of aryl methyl sites for hydroxylation is 1. The second-order valence-electron chi connectivity index (χ2n) is 11.8. The van der Waals surface area contributed by atoms with E-state index in [0.717, 1.165) is 49.8 Å². The number of urea groups is 1. The van der Waals surface area contributed by atoms with Crippen molar-refractivity contribution in [1.29, 1.82) is 0 Å². The number of likely N-dealkylation sites (tertiary alicyclic amines) is 1. The Morgan fingerprint density at radius 3 is 2.51 bits per heavy atom. The fourth-order valence-corrected chi connectivity index (χ4v) is 5.98. The fraction of sp³-hybridized carbons (Fsp3) is 0.571. The van der Waals surface area contributed by atoms with Gasteiger partial charge in [0.25, 0.3) is 0 Å². The number of rotatable bonds is 8. The number of hydrogen-bond acceptors (Lipinski definition) is 8. The summed E-state index contributed by atoms with van der Waals surface area (Å²) in [5.74, 6) is 0.577. The predicted octanol–water partition coefficient (Wildman–Crippen LogP) is 0.172. The van der Waals surface area contributed by atoms with E-state index in [1.54, 1.807) is 17.2 Å². The first kappa shape index (κ1) is 30.9. The second kappa shape index (κ2) is 12.1. The second-order valence-corrected chi connectivity index (χ2v) is 11.8. The van der Waals surface area contributed by atoms with Crippen molar-refractivity contribution < 1.29 is 14.7 Å².